The Hall–Kier alpha value is -2.33. The zero-order valence-corrected chi connectivity index (χ0v) is 15.7. The van der Waals surface area contributed by atoms with Gasteiger partial charge in [0.1, 0.15) is 0 Å². The minimum atomic E-state index is -0.650. The van der Waals surface area contributed by atoms with Crippen LogP contribution in [0, 0.1) is 20.8 Å². The minimum Gasteiger partial charge on any atom is -0.344 e. The number of hydrogen-bond donors (Lipinski definition) is 2. The Morgan fingerprint density at radius 3 is 2.20 bits per heavy atom. The van der Waals surface area contributed by atoms with Gasteiger partial charge in [0.25, 0.3) is 0 Å². The van der Waals surface area contributed by atoms with Crippen LogP contribution >= 0.6 is 11.6 Å². The van der Waals surface area contributed by atoms with E-state index in [1.807, 2.05) is 32.9 Å². The van der Waals surface area contributed by atoms with Gasteiger partial charge < -0.3 is 10.6 Å². The fraction of sp³-hybridized carbons (Fsp3) is 0.300. The van der Waals surface area contributed by atoms with Crippen LogP contribution in [0.15, 0.2) is 36.4 Å². The number of amides is 2. The fourth-order valence-electron chi connectivity index (χ4n) is 2.65. The smallest absolute Gasteiger partial charge is 0.309 e. The minimum absolute atomic E-state index is 0.243. The van der Waals surface area contributed by atoms with Crippen molar-refractivity contribution in [2.45, 2.75) is 40.3 Å². The lowest BCUT2D eigenvalue weighted by Gasteiger charge is -2.18. The Labute approximate surface area is 153 Å². The molecule has 2 aromatic rings. The maximum Gasteiger partial charge on any atom is 0.309 e. The second kappa shape index (κ2) is 8.17. The van der Waals surface area contributed by atoms with Gasteiger partial charge in [0.05, 0.1) is 6.04 Å². The summed E-state index contributed by atoms with van der Waals surface area (Å²) < 4.78 is 0. The number of benzene rings is 2. The molecular formula is C20H23ClN2O2. The molecule has 2 amide bonds. The lowest BCUT2D eigenvalue weighted by molar-refractivity contribution is -0.139. The van der Waals surface area contributed by atoms with Gasteiger partial charge in [0.15, 0.2) is 0 Å². The van der Waals surface area contributed by atoms with E-state index < -0.39 is 11.8 Å². The average molecular weight is 359 g/mol. The van der Waals surface area contributed by atoms with E-state index in [-0.39, 0.29) is 12.6 Å². The molecule has 0 saturated heterocycles. The van der Waals surface area contributed by atoms with Crippen LogP contribution in [0.3, 0.4) is 0 Å². The van der Waals surface area contributed by atoms with E-state index in [0.717, 1.165) is 22.3 Å². The molecule has 0 radical (unpaired) electrons. The first kappa shape index (κ1) is 19.0. The standard InChI is InChI=1S/C20H23ClN2O2/c1-12-9-14(3)18(10-13(12)2)15(4)23-20(25)19(24)22-11-16-5-7-17(21)8-6-16/h5-10,15H,11H2,1-4H3,(H,22,24)(H,23,25)/t15-/m1/s1. The monoisotopic (exact) mass is 358 g/mol. The predicted octanol–water partition coefficient (Wildman–Crippen LogP) is 3.76. The van der Waals surface area contributed by atoms with Gasteiger partial charge in [-0.1, -0.05) is 35.9 Å². The van der Waals surface area contributed by atoms with Gasteiger partial charge in [-0.25, -0.2) is 0 Å². The molecule has 132 valence electrons. The largest absolute Gasteiger partial charge is 0.344 e. The van der Waals surface area contributed by atoms with Crippen LogP contribution in [-0.4, -0.2) is 11.8 Å². The molecule has 0 aliphatic carbocycles. The quantitative estimate of drug-likeness (QED) is 0.817. The van der Waals surface area contributed by atoms with Gasteiger partial charge in [-0.2, -0.15) is 0 Å². The van der Waals surface area contributed by atoms with E-state index in [1.165, 1.54) is 5.56 Å². The molecular weight excluding hydrogens is 336 g/mol. The van der Waals surface area contributed by atoms with Gasteiger partial charge in [-0.05, 0) is 67.6 Å². The van der Waals surface area contributed by atoms with Crippen molar-refractivity contribution in [2.24, 2.45) is 0 Å². The molecule has 0 spiro atoms. The van der Waals surface area contributed by atoms with Gasteiger partial charge in [-0.3, -0.25) is 9.59 Å². The fourth-order valence-corrected chi connectivity index (χ4v) is 2.78. The molecule has 2 N–H and O–H groups in total. The molecule has 25 heavy (non-hydrogen) atoms. The number of carbonyl (C=O) groups excluding carboxylic acids is 2. The number of nitrogens with one attached hydrogen (secondary N) is 2. The highest BCUT2D eigenvalue weighted by atomic mass is 35.5. The van der Waals surface area contributed by atoms with Crippen LogP contribution in [-0.2, 0) is 16.1 Å². The normalized spacial score (nSPS) is 11.7. The highest BCUT2D eigenvalue weighted by Crippen LogP contribution is 2.21. The molecule has 0 aliphatic heterocycles. The van der Waals surface area contributed by atoms with Crippen LogP contribution in [0.5, 0.6) is 0 Å². The molecule has 0 unspecified atom stereocenters. The highest BCUT2D eigenvalue weighted by Gasteiger charge is 2.18. The molecule has 1 atom stereocenters. The Kier molecular flexibility index (Phi) is 6.21. The molecule has 4 nitrogen and oxygen atoms in total. The van der Waals surface area contributed by atoms with Crippen molar-refractivity contribution in [1.82, 2.24) is 10.6 Å². The first-order valence-corrected chi connectivity index (χ1v) is 8.56. The summed E-state index contributed by atoms with van der Waals surface area (Å²) in [6, 6.07) is 11.0. The summed E-state index contributed by atoms with van der Waals surface area (Å²) >= 11 is 5.82. The second-order valence-corrected chi connectivity index (χ2v) is 6.73. The Balaban J connectivity index is 1.95. The average Bonchev–Trinajstić information content (AvgIpc) is 2.57. The third kappa shape index (κ3) is 5.07. The van der Waals surface area contributed by atoms with Gasteiger partial charge in [-0.15, -0.1) is 0 Å². The van der Waals surface area contributed by atoms with Crippen molar-refractivity contribution in [3.8, 4) is 0 Å². The SMILES string of the molecule is Cc1cc(C)c([C@@H](C)NC(=O)C(=O)NCc2ccc(Cl)cc2)cc1C. The number of hydrogen-bond acceptors (Lipinski definition) is 2. The zero-order valence-electron chi connectivity index (χ0n) is 14.9. The van der Waals surface area contributed by atoms with E-state index in [2.05, 4.69) is 29.7 Å². The summed E-state index contributed by atoms with van der Waals surface area (Å²) in [5, 5.41) is 6.00. The Morgan fingerprint density at radius 1 is 0.960 bits per heavy atom. The summed E-state index contributed by atoms with van der Waals surface area (Å²) in [4.78, 5) is 24.1. The van der Waals surface area contributed by atoms with E-state index >= 15 is 0 Å². The number of halogens is 1. The first-order chi connectivity index (χ1) is 11.8. The Bertz CT molecular complexity index is 785. The molecule has 0 aromatic heterocycles. The molecule has 2 rings (SSSR count). The van der Waals surface area contributed by atoms with Crippen molar-refractivity contribution in [2.75, 3.05) is 0 Å². The highest BCUT2D eigenvalue weighted by molar-refractivity contribution is 6.35. The molecule has 0 fully saturated rings. The van der Waals surface area contributed by atoms with Crippen molar-refractivity contribution in [1.29, 1.82) is 0 Å². The first-order valence-electron chi connectivity index (χ1n) is 8.19. The number of aryl methyl sites for hydroxylation is 3. The summed E-state index contributed by atoms with van der Waals surface area (Å²) in [6.45, 7) is 8.25. The van der Waals surface area contributed by atoms with E-state index in [0.29, 0.717) is 5.02 Å². The molecule has 0 saturated carbocycles. The maximum absolute atomic E-state index is 12.1. The number of rotatable bonds is 4. The number of carbonyl (C=O) groups is 2. The van der Waals surface area contributed by atoms with Crippen molar-refractivity contribution < 1.29 is 9.59 Å². The van der Waals surface area contributed by atoms with Crippen molar-refractivity contribution >= 4 is 23.4 Å². The molecule has 5 heteroatoms. The van der Waals surface area contributed by atoms with Crippen molar-refractivity contribution in [3.05, 3.63) is 69.2 Å². The summed E-state index contributed by atoms with van der Waals surface area (Å²) in [7, 11) is 0. The predicted molar refractivity (Wildman–Crippen MR) is 101 cm³/mol. The van der Waals surface area contributed by atoms with Crippen LogP contribution in [0.1, 0.15) is 40.8 Å². The van der Waals surface area contributed by atoms with Crippen LogP contribution < -0.4 is 10.6 Å². The maximum atomic E-state index is 12.1. The van der Waals surface area contributed by atoms with Crippen LogP contribution in [0.4, 0.5) is 0 Å². The summed E-state index contributed by atoms with van der Waals surface area (Å²) in [5.74, 6) is -1.29. The molecule has 0 heterocycles. The van der Waals surface area contributed by atoms with Gasteiger partial charge >= 0.3 is 11.8 Å². The van der Waals surface area contributed by atoms with Gasteiger partial charge in [0, 0.05) is 11.6 Å². The molecule has 0 aliphatic rings. The topological polar surface area (TPSA) is 58.2 Å². The van der Waals surface area contributed by atoms with E-state index in [4.69, 9.17) is 11.6 Å². The second-order valence-electron chi connectivity index (χ2n) is 6.30. The third-order valence-electron chi connectivity index (χ3n) is 4.27. The molecule has 0 bridgehead atoms. The van der Waals surface area contributed by atoms with Crippen LogP contribution in [0.25, 0.3) is 0 Å². The van der Waals surface area contributed by atoms with E-state index in [1.54, 1.807) is 12.1 Å². The lowest BCUT2D eigenvalue weighted by atomic mass is 9.96. The zero-order chi connectivity index (χ0) is 18.6. The van der Waals surface area contributed by atoms with Gasteiger partial charge in [0.2, 0.25) is 0 Å². The molecule has 2 aromatic carbocycles. The third-order valence-corrected chi connectivity index (χ3v) is 4.52. The van der Waals surface area contributed by atoms with E-state index in [9.17, 15) is 9.59 Å². The summed E-state index contributed by atoms with van der Waals surface area (Å²) in [5.41, 5.74) is 5.36. The van der Waals surface area contributed by atoms with Crippen LogP contribution in [0.2, 0.25) is 5.02 Å². The Morgan fingerprint density at radius 2 is 1.56 bits per heavy atom. The lowest BCUT2D eigenvalue weighted by Crippen LogP contribution is -2.40. The van der Waals surface area contributed by atoms with Crippen molar-refractivity contribution in [3.63, 3.8) is 0 Å². The summed E-state index contributed by atoms with van der Waals surface area (Å²) in [6.07, 6.45) is 0.